The smallest absolute Gasteiger partial charge is 0.227 e. The van der Waals surface area contributed by atoms with Crippen LogP contribution in [-0.2, 0) is 0 Å². The highest BCUT2D eigenvalue weighted by Crippen LogP contribution is 2.21. The number of nitrogens with two attached hydrogens (primary N) is 1. The first-order valence-corrected chi connectivity index (χ1v) is 4.72. The van der Waals surface area contributed by atoms with Crippen LogP contribution in [-0.4, -0.2) is 15.0 Å². The maximum absolute atomic E-state index is 5.63. The largest absolute Gasteiger partial charge is 0.368 e. The third-order valence-electron chi connectivity index (χ3n) is 1.37. The molecule has 0 fully saturated rings. The average Bonchev–Trinajstić information content (AvgIpc) is 2.53. The van der Waals surface area contributed by atoms with Crippen molar-refractivity contribution in [1.82, 2.24) is 15.0 Å². The van der Waals surface area contributed by atoms with Crippen LogP contribution >= 0.6 is 22.9 Å². The summed E-state index contributed by atoms with van der Waals surface area (Å²) in [5.74, 6) is 0.663. The lowest BCUT2D eigenvalue weighted by molar-refractivity contribution is 1.08. The van der Waals surface area contributed by atoms with Gasteiger partial charge in [-0.25, -0.2) is 0 Å². The highest BCUT2D eigenvalue weighted by atomic mass is 35.5. The second kappa shape index (κ2) is 3.27. The molecule has 2 aromatic rings. The fraction of sp³-hybridized carbons (Fsp3) is 0. The van der Waals surface area contributed by atoms with Crippen LogP contribution in [0.2, 0.25) is 5.28 Å². The van der Waals surface area contributed by atoms with E-state index in [0.717, 1.165) is 4.88 Å². The van der Waals surface area contributed by atoms with E-state index < -0.39 is 0 Å². The predicted molar refractivity (Wildman–Crippen MR) is 52.6 cm³/mol. The van der Waals surface area contributed by atoms with Crippen molar-refractivity contribution in [3.05, 3.63) is 22.8 Å². The second-order valence-corrected chi connectivity index (χ2v) is 3.55. The van der Waals surface area contributed by atoms with E-state index in [2.05, 4.69) is 15.0 Å². The summed E-state index contributed by atoms with van der Waals surface area (Å²) in [5, 5.41) is 2.05. The molecule has 2 aromatic heterocycles. The molecule has 0 bridgehead atoms. The fourth-order valence-electron chi connectivity index (χ4n) is 0.881. The molecule has 0 aliphatic heterocycles. The van der Waals surface area contributed by atoms with Gasteiger partial charge in [0.1, 0.15) is 0 Å². The van der Waals surface area contributed by atoms with Crippen LogP contribution in [0.1, 0.15) is 0 Å². The predicted octanol–water partition coefficient (Wildman–Crippen LogP) is 1.84. The van der Waals surface area contributed by atoms with Gasteiger partial charge in [0.25, 0.3) is 0 Å². The van der Waals surface area contributed by atoms with E-state index in [9.17, 15) is 0 Å². The van der Waals surface area contributed by atoms with Gasteiger partial charge in [-0.3, -0.25) is 0 Å². The number of nitrogen functional groups attached to an aromatic ring is 1. The van der Waals surface area contributed by atoms with E-state index in [0.29, 0.717) is 5.82 Å². The van der Waals surface area contributed by atoms with Crippen LogP contribution in [0.15, 0.2) is 17.5 Å². The fourth-order valence-corrected chi connectivity index (χ4v) is 1.71. The zero-order valence-electron chi connectivity index (χ0n) is 6.44. The van der Waals surface area contributed by atoms with Crippen molar-refractivity contribution >= 4 is 28.9 Å². The van der Waals surface area contributed by atoms with E-state index >= 15 is 0 Å². The highest BCUT2D eigenvalue weighted by molar-refractivity contribution is 7.13. The van der Waals surface area contributed by atoms with Crippen molar-refractivity contribution in [2.45, 2.75) is 0 Å². The summed E-state index contributed by atoms with van der Waals surface area (Å²) in [5.41, 5.74) is 5.42. The van der Waals surface area contributed by atoms with E-state index in [1.165, 1.54) is 11.3 Å². The SMILES string of the molecule is Nc1nc(Cl)nc(-c2cccs2)n1. The van der Waals surface area contributed by atoms with Crippen LogP contribution in [0.4, 0.5) is 5.95 Å². The van der Waals surface area contributed by atoms with Crippen molar-refractivity contribution in [2.24, 2.45) is 0 Å². The number of thiophene rings is 1. The van der Waals surface area contributed by atoms with Gasteiger partial charge in [-0.05, 0) is 23.0 Å². The molecule has 4 nitrogen and oxygen atoms in total. The van der Waals surface area contributed by atoms with Crippen molar-refractivity contribution in [1.29, 1.82) is 0 Å². The standard InChI is InChI=1S/C7H5ClN4S/c8-6-10-5(11-7(9)12-6)4-2-1-3-13-4/h1-3H,(H2,9,10,11,12). The Labute approximate surface area is 83.4 Å². The molecule has 2 rings (SSSR count). The Bertz CT molecular complexity index is 394. The maximum Gasteiger partial charge on any atom is 0.227 e. The van der Waals surface area contributed by atoms with Gasteiger partial charge in [-0.2, -0.15) is 15.0 Å². The van der Waals surface area contributed by atoms with Crippen LogP contribution in [0.25, 0.3) is 10.7 Å². The molecule has 66 valence electrons. The summed E-state index contributed by atoms with van der Waals surface area (Å²) < 4.78 is 0. The first-order chi connectivity index (χ1) is 6.25. The van der Waals surface area contributed by atoms with Crippen LogP contribution < -0.4 is 5.73 Å². The minimum Gasteiger partial charge on any atom is -0.368 e. The van der Waals surface area contributed by atoms with Crippen molar-refractivity contribution in [3.8, 4) is 10.7 Å². The van der Waals surface area contributed by atoms with Crippen molar-refractivity contribution < 1.29 is 0 Å². The number of hydrogen-bond donors (Lipinski definition) is 1. The molecule has 0 amide bonds. The lowest BCUT2D eigenvalue weighted by atomic mass is 10.4. The second-order valence-electron chi connectivity index (χ2n) is 2.26. The van der Waals surface area contributed by atoms with E-state index in [4.69, 9.17) is 17.3 Å². The van der Waals surface area contributed by atoms with Crippen LogP contribution in [0, 0.1) is 0 Å². The quantitative estimate of drug-likeness (QED) is 0.784. The van der Waals surface area contributed by atoms with Crippen LogP contribution in [0.3, 0.4) is 0 Å². The minimum atomic E-state index is 0.121. The molecule has 6 heteroatoms. The topological polar surface area (TPSA) is 64.7 Å². The average molecular weight is 213 g/mol. The molecule has 2 N–H and O–H groups in total. The zero-order chi connectivity index (χ0) is 9.26. The molecule has 0 spiro atoms. The van der Waals surface area contributed by atoms with E-state index in [1.807, 2.05) is 17.5 Å². The summed E-state index contributed by atoms with van der Waals surface area (Å²) in [4.78, 5) is 12.5. The summed E-state index contributed by atoms with van der Waals surface area (Å²) in [7, 11) is 0. The normalized spacial score (nSPS) is 10.2. The number of hydrogen-bond acceptors (Lipinski definition) is 5. The van der Waals surface area contributed by atoms with Gasteiger partial charge in [0.15, 0.2) is 5.82 Å². The Balaban J connectivity index is 2.53. The minimum absolute atomic E-state index is 0.121. The molecule has 0 saturated heterocycles. The molecule has 0 unspecified atom stereocenters. The summed E-state index contributed by atoms with van der Waals surface area (Å²) in [6.45, 7) is 0. The molecular weight excluding hydrogens is 208 g/mol. The van der Waals surface area contributed by atoms with Crippen molar-refractivity contribution in [2.75, 3.05) is 5.73 Å². The van der Waals surface area contributed by atoms with Gasteiger partial charge in [0, 0.05) is 0 Å². The molecule has 13 heavy (non-hydrogen) atoms. The Morgan fingerprint density at radius 1 is 1.31 bits per heavy atom. The number of anilines is 1. The first kappa shape index (κ1) is 8.40. The van der Waals surface area contributed by atoms with Crippen LogP contribution in [0.5, 0.6) is 0 Å². The van der Waals surface area contributed by atoms with E-state index in [-0.39, 0.29) is 11.2 Å². The highest BCUT2D eigenvalue weighted by Gasteiger charge is 2.05. The number of rotatable bonds is 1. The zero-order valence-corrected chi connectivity index (χ0v) is 8.01. The Hall–Kier alpha value is -1.20. The lowest BCUT2D eigenvalue weighted by Gasteiger charge is -1.97. The summed E-state index contributed by atoms with van der Waals surface area (Å²) in [6.07, 6.45) is 0. The summed E-state index contributed by atoms with van der Waals surface area (Å²) in [6, 6.07) is 3.81. The number of aromatic nitrogens is 3. The molecule has 0 atom stereocenters. The maximum atomic E-state index is 5.63. The molecule has 2 heterocycles. The Kier molecular flexibility index (Phi) is 2.12. The molecule has 0 radical (unpaired) electrons. The lowest BCUT2D eigenvalue weighted by Crippen LogP contribution is -1.98. The number of nitrogens with zero attached hydrogens (tertiary/aromatic N) is 3. The first-order valence-electron chi connectivity index (χ1n) is 3.46. The van der Waals surface area contributed by atoms with Crippen molar-refractivity contribution in [3.63, 3.8) is 0 Å². The van der Waals surface area contributed by atoms with Gasteiger partial charge >= 0.3 is 0 Å². The van der Waals surface area contributed by atoms with Gasteiger partial charge in [0.05, 0.1) is 4.88 Å². The third-order valence-corrected chi connectivity index (χ3v) is 2.40. The Morgan fingerprint density at radius 3 is 2.77 bits per heavy atom. The Morgan fingerprint density at radius 2 is 2.15 bits per heavy atom. The number of halogens is 1. The van der Waals surface area contributed by atoms with Gasteiger partial charge in [-0.15, -0.1) is 11.3 Å². The molecule has 0 aliphatic carbocycles. The van der Waals surface area contributed by atoms with Gasteiger partial charge in [0.2, 0.25) is 11.2 Å². The molecule has 0 aliphatic rings. The third kappa shape index (κ3) is 1.76. The van der Waals surface area contributed by atoms with E-state index in [1.54, 1.807) is 0 Å². The molecular formula is C7H5ClN4S. The van der Waals surface area contributed by atoms with Gasteiger partial charge < -0.3 is 5.73 Å². The molecule has 0 saturated carbocycles. The van der Waals surface area contributed by atoms with Gasteiger partial charge in [-0.1, -0.05) is 6.07 Å². The monoisotopic (exact) mass is 212 g/mol. The summed E-state index contributed by atoms with van der Waals surface area (Å²) >= 11 is 7.16. The molecule has 0 aromatic carbocycles.